The Bertz CT molecular complexity index is 2740. The van der Waals surface area contributed by atoms with Crippen molar-refractivity contribution in [1.29, 1.82) is 0 Å². The van der Waals surface area contributed by atoms with E-state index in [4.69, 9.17) is 14.4 Å². The van der Waals surface area contributed by atoms with Gasteiger partial charge in [-0.1, -0.05) is 127 Å². The van der Waals surface area contributed by atoms with E-state index in [-0.39, 0.29) is 6.17 Å². The molecule has 9 aromatic rings. The van der Waals surface area contributed by atoms with E-state index < -0.39 is 0 Å². The van der Waals surface area contributed by atoms with Gasteiger partial charge in [-0.2, -0.15) is 0 Å². The van der Waals surface area contributed by atoms with Gasteiger partial charge in [0, 0.05) is 44.4 Å². The molecule has 2 aromatic heterocycles. The lowest BCUT2D eigenvalue weighted by molar-refractivity contribution is 0.667. The van der Waals surface area contributed by atoms with Crippen LogP contribution < -0.4 is 5.32 Å². The molecule has 0 saturated carbocycles. The first-order valence-corrected chi connectivity index (χ1v) is 16.9. The van der Waals surface area contributed by atoms with E-state index in [0.717, 1.165) is 55.7 Å². The van der Waals surface area contributed by atoms with Crippen LogP contribution in [0.4, 0.5) is 0 Å². The van der Waals surface area contributed by atoms with Crippen molar-refractivity contribution in [3.63, 3.8) is 0 Å². The molecule has 0 spiro atoms. The van der Waals surface area contributed by atoms with Gasteiger partial charge >= 0.3 is 0 Å². The molecule has 3 heterocycles. The van der Waals surface area contributed by atoms with E-state index in [1.807, 2.05) is 36.4 Å². The molecule has 0 saturated heterocycles. The van der Waals surface area contributed by atoms with Gasteiger partial charge < -0.3 is 14.3 Å². The van der Waals surface area contributed by atoms with Crippen LogP contribution in [0.3, 0.4) is 0 Å². The average Bonchev–Trinajstić information content (AvgIpc) is 3.74. The highest BCUT2D eigenvalue weighted by Gasteiger charge is 2.24. The Balaban J connectivity index is 1.11. The number of rotatable bonds is 5. The van der Waals surface area contributed by atoms with Gasteiger partial charge in [0.1, 0.15) is 23.2 Å². The van der Waals surface area contributed by atoms with Gasteiger partial charge in [0.25, 0.3) is 0 Å². The maximum atomic E-state index is 6.61. The zero-order chi connectivity index (χ0) is 33.0. The summed E-state index contributed by atoms with van der Waals surface area (Å²) in [5.74, 6) is 1.45. The topological polar surface area (TPSA) is 54.8 Å². The number of aliphatic imine (C=N–C) groups is 2. The summed E-state index contributed by atoms with van der Waals surface area (Å²) in [6.07, 6.45) is -0.336. The number of furan rings is 1. The number of nitrogens with one attached hydrogen (secondary N) is 1. The first-order chi connectivity index (χ1) is 24.8. The summed E-state index contributed by atoms with van der Waals surface area (Å²) in [6.45, 7) is 0. The van der Waals surface area contributed by atoms with Crippen LogP contribution in [0.5, 0.6) is 0 Å². The minimum atomic E-state index is -0.336. The minimum Gasteiger partial charge on any atom is -0.456 e. The number of para-hydroxylation sites is 2. The molecule has 1 aliphatic heterocycles. The summed E-state index contributed by atoms with van der Waals surface area (Å²) in [5.41, 5.74) is 10.3. The van der Waals surface area contributed by atoms with Crippen molar-refractivity contribution >= 4 is 55.4 Å². The molecule has 5 nitrogen and oxygen atoms in total. The van der Waals surface area contributed by atoms with Crippen LogP contribution in [0.15, 0.2) is 184 Å². The number of benzene rings is 7. The van der Waals surface area contributed by atoms with E-state index in [1.54, 1.807) is 0 Å². The van der Waals surface area contributed by atoms with E-state index in [9.17, 15) is 0 Å². The molecule has 0 fully saturated rings. The third-order valence-electron chi connectivity index (χ3n) is 9.66. The first kappa shape index (κ1) is 28.3. The van der Waals surface area contributed by atoms with Crippen LogP contribution in [-0.4, -0.2) is 16.2 Å². The number of hydrogen-bond acceptors (Lipinski definition) is 4. The molecule has 5 heteroatoms. The van der Waals surface area contributed by atoms with Crippen LogP contribution in [0, 0.1) is 0 Å². The van der Waals surface area contributed by atoms with Gasteiger partial charge in [-0.3, -0.25) is 0 Å². The minimum absolute atomic E-state index is 0.336. The van der Waals surface area contributed by atoms with E-state index in [2.05, 4.69) is 143 Å². The van der Waals surface area contributed by atoms with Crippen molar-refractivity contribution in [3.8, 4) is 16.8 Å². The molecular weight excluding hydrogens is 613 g/mol. The molecule has 1 atom stereocenters. The average molecular weight is 643 g/mol. The maximum absolute atomic E-state index is 6.61. The monoisotopic (exact) mass is 642 g/mol. The van der Waals surface area contributed by atoms with Crippen molar-refractivity contribution < 1.29 is 4.42 Å². The Morgan fingerprint density at radius 1 is 0.520 bits per heavy atom. The van der Waals surface area contributed by atoms with Gasteiger partial charge in [0.05, 0.1) is 11.0 Å². The third-order valence-corrected chi connectivity index (χ3v) is 9.66. The largest absolute Gasteiger partial charge is 0.456 e. The molecule has 7 aromatic carbocycles. The second-order valence-corrected chi connectivity index (χ2v) is 12.6. The fraction of sp³-hybridized carbons (Fsp3) is 0.0222. The van der Waals surface area contributed by atoms with Crippen molar-refractivity contribution in [2.45, 2.75) is 6.17 Å². The molecule has 50 heavy (non-hydrogen) atoms. The number of nitrogens with zero attached hydrogens (tertiary/aromatic N) is 3. The van der Waals surface area contributed by atoms with Gasteiger partial charge in [-0.05, 0) is 53.1 Å². The Kier molecular flexibility index (Phi) is 6.49. The molecule has 236 valence electrons. The summed E-state index contributed by atoms with van der Waals surface area (Å²) in [7, 11) is 0. The van der Waals surface area contributed by atoms with Gasteiger partial charge in [-0.25, -0.2) is 9.98 Å². The van der Waals surface area contributed by atoms with Crippen molar-refractivity contribution in [2.24, 2.45) is 9.98 Å². The third kappa shape index (κ3) is 4.63. The Morgan fingerprint density at radius 3 is 1.94 bits per heavy atom. The second-order valence-electron chi connectivity index (χ2n) is 12.6. The Morgan fingerprint density at radius 2 is 1.18 bits per heavy atom. The molecule has 0 radical (unpaired) electrons. The van der Waals surface area contributed by atoms with Gasteiger partial charge in [0.15, 0.2) is 5.84 Å². The zero-order valence-electron chi connectivity index (χ0n) is 27.0. The standard InChI is InChI=1S/C45H30N4O/c1-3-13-29(14-4-1)31-17-11-18-32(27-31)44-46-43(30-15-5-2-6-16-30)47-45(48-44)37-21-12-24-40-42(37)36-26-25-33(28-41(36)50-40)49-38-22-9-7-19-34(38)35-20-8-10-23-39(35)49/h1-28,44H,(H,46,47,48). The Labute approximate surface area is 288 Å². The van der Waals surface area contributed by atoms with Crippen molar-refractivity contribution in [2.75, 3.05) is 0 Å². The predicted octanol–water partition coefficient (Wildman–Crippen LogP) is 10.8. The normalized spacial score (nSPS) is 14.6. The number of amidine groups is 2. The van der Waals surface area contributed by atoms with Crippen molar-refractivity contribution in [3.05, 3.63) is 187 Å². The lowest BCUT2D eigenvalue weighted by Crippen LogP contribution is -2.33. The summed E-state index contributed by atoms with van der Waals surface area (Å²) >= 11 is 0. The van der Waals surface area contributed by atoms with Gasteiger partial charge in [0.2, 0.25) is 0 Å². The highest BCUT2D eigenvalue weighted by molar-refractivity contribution is 6.22. The predicted molar refractivity (Wildman–Crippen MR) is 205 cm³/mol. The molecule has 1 unspecified atom stereocenters. The van der Waals surface area contributed by atoms with E-state index >= 15 is 0 Å². The van der Waals surface area contributed by atoms with Crippen molar-refractivity contribution in [1.82, 2.24) is 9.88 Å². The van der Waals surface area contributed by atoms with E-state index in [1.165, 1.54) is 27.4 Å². The number of aromatic nitrogens is 1. The summed E-state index contributed by atoms with van der Waals surface area (Å²) in [6, 6.07) is 59.1. The summed E-state index contributed by atoms with van der Waals surface area (Å²) < 4.78 is 8.93. The molecule has 1 aliphatic rings. The molecule has 0 amide bonds. The zero-order valence-corrected chi connectivity index (χ0v) is 27.0. The molecular formula is C45H30N4O. The Hall–Kier alpha value is -6.72. The van der Waals surface area contributed by atoms with Crippen LogP contribution in [0.25, 0.3) is 60.6 Å². The smallest absolute Gasteiger partial charge is 0.159 e. The number of fused-ring (bicyclic) bond motifs is 6. The molecule has 1 N–H and O–H groups in total. The highest BCUT2D eigenvalue weighted by Crippen LogP contribution is 2.37. The van der Waals surface area contributed by atoms with Crippen LogP contribution in [0.2, 0.25) is 0 Å². The van der Waals surface area contributed by atoms with Gasteiger partial charge in [-0.15, -0.1) is 0 Å². The lowest BCUT2D eigenvalue weighted by Gasteiger charge is -2.24. The number of hydrogen-bond donors (Lipinski definition) is 1. The van der Waals surface area contributed by atoms with Crippen LogP contribution in [0.1, 0.15) is 22.9 Å². The fourth-order valence-corrected chi connectivity index (χ4v) is 7.34. The fourth-order valence-electron chi connectivity index (χ4n) is 7.34. The van der Waals surface area contributed by atoms with E-state index in [0.29, 0.717) is 5.84 Å². The summed E-state index contributed by atoms with van der Waals surface area (Å²) in [4.78, 5) is 10.3. The lowest BCUT2D eigenvalue weighted by atomic mass is 10.0. The maximum Gasteiger partial charge on any atom is 0.159 e. The highest BCUT2D eigenvalue weighted by atomic mass is 16.3. The SMILES string of the molecule is c1ccc(C2=NC(c3cccc(-c4ccccc4)c3)NC(c3cccc4oc5cc(-n6c7ccccc7c7ccccc76)ccc5c34)=N2)cc1. The second kappa shape index (κ2) is 11.5. The summed E-state index contributed by atoms with van der Waals surface area (Å²) in [5, 5.41) is 8.23. The van der Waals surface area contributed by atoms with Crippen LogP contribution in [-0.2, 0) is 0 Å². The molecule has 10 rings (SSSR count). The molecule has 0 aliphatic carbocycles. The molecule has 0 bridgehead atoms. The quantitative estimate of drug-likeness (QED) is 0.203. The first-order valence-electron chi connectivity index (χ1n) is 16.9. The van der Waals surface area contributed by atoms with Crippen LogP contribution >= 0.6 is 0 Å².